The molecule has 0 aliphatic carbocycles. The summed E-state index contributed by atoms with van der Waals surface area (Å²) in [5.41, 5.74) is 4.34. The van der Waals surface area contributed by atoms with Crippen molar-refractivity contribution >= 4 is 10.9 Å². The molecule has 5 nitrogen and oxygen atoms in total. The standard InChI is InChI=1S/C28H36FN3O2/c1-4-13-31-14-11-28(12-15-31)19-32(17-20-7-5-6-8-23(20)29)25(18-33)27-26(28)22-10-9-21(34-3)16-24(22)30(27)2/h5-10,16,25,33H,4,11-15,17-19H2,1-3H3/t25-/m1/s1. The van der Waals surface area contributed by atoms with Gasteiger partial charge in [0.25, 0.3) is 0 Å². The Morgan fingerprint density at radius 3 is 2.59 bits per heavy atom. The van der Waals surface area contributed by atoms with E-state index >= 15 is 0 Å². The fourth-order valence-corrected chi connectivity index (χ4v) is 6.40. The molecular weight excluding hydrogens is 429 g/mol. The van der Waals surface area contributed by atoms with Crippen LogP contribution in [-0.2, 0) is 19.0 Å². The third kappa shape index (κ3) is 3.82. The van der Waals surface area contributed by atoms with Crippen molar-refractivity contribution in [2.45, 2.75) is 44.2 Å². The van der Waals surface area contributed by atoms with E-state index in [9.17, 15) is 9.50 Å². The normalized spacial score (nSPS) is 20.7. The maximum Gasteiger partial charge on any atom is 0.127 e. The van der Waals surface area contributed by atoms with Gasteiger partial charge >= 0.3 is 0 Å². The van der Waals surface area contributed by atoms with Gasteiger partial charge in [-0.2, -0.15) is 0 Å². The molecule has 6 heteroatoms. The van der Waals surface area contributed by atoms with Crippen molar-refractivity contribution in [2.75, 3.05) is 39.9 Å². The van der Waals surface area contributed by atoms with Gasteiger partial charge in [-0.05, 0) is 62.7 Å². The first-order valence-electron chi connectivity index (χ1n) is 12.5. The Bertz CT molecular complexity index is 1170. The lowest BCUT2D eigenvalue weighted by Crippen LogP contribution is -2.53. The molecule has 34 heavy (non-hydrogen) atoms. The van der Waals surface area contributed by atoms with Crippen LogP contribution in [-0.4, -0.2) is 59.4 Å². The van der Waals surface area contributed by atoms with Crippen molar-refractivity contribution in [2.24, 2.45) is 7.05 Å². The number of fused-ring (bicyclic) bond motifs is 4. The molecular formula is C28H36FN3O2. The van der Waals surface area contributed by atoms with E-state index in [1.165, 1.54) is 17.0 Å². The molecule has 0 radical (unpaired) electrons. The predicted molar refractivity (Wildman–Crippen MR) is 134 cm³/mol. The zero-order valence-electron chi connectivity index (χ0n) is 20.6. The fourth-order valence-electron chi connectivity index (χ4n) is 6.40. The topological polar surface area (TPSA) is 40.9 Å². The van der Waals surface area contributed by atoms with Crippen LogP contribution in [0.3, 0.4) is 0 Å². The summed E-state index contributed by atoms with van der Waals surface area (Å²) in [5, 5.41) is 11.9. The molecule has 0 amide bonds. The van der Waals surface area contributed by atoms with Crippen molar-refractivity contribution in [1.82, 2.24) is 14.4 Å². The minimum atomic E-state index is -0.183. The van der Waals surface area contributed by atoms with Gasteiger partial charge in [0.2, 0.25) is 0 Å². The minimum absolute atomic E-state index is 0.000783. The van der Waals surface area contributed by atoms with Gasteiger partial charge in [-0.1, -0.05) is 25.1 Å². The highest BCUT2D eigenvalue weighted by atomic mass is 19.1. The van der Waals surface area contributed by atoms with E-state index in [1.54, 1.807) is 13.2 Å². The van der Waals surface area contributed by atoms with Crippen LogP contribution >= 0.6 is 0 Å². The van der Waals surface area contributed by atoms with Gasteiger partial charge in [-0.15, -0.1) is 0 Å². The summed E-state index contributed by atoms with van der Waals surface area (Å²) < 4.78 is 22.4. The number of methoxy groups -OCH3 is 1. The molecule has 3 aromatic rings. The molecule has 2 aliphatic heterocycles. The molecule has 182 valence electrons. The lowest BCUT2D eigenvalue weighted by atomic mass is 9.68. The number of likely N-dealkylation sites (tertiary alicyclic amines) is 1. The first-order chi connectivity index (χ1) is 16.5. The molecule has 0 bridgehead atoms. The van der Waals surface area contributed by atoms with Crippen molar-refractivity contribution in [1.29, 1.82) is 0 Å². The van der Waals surface area contributed by atoms with Crippen LogP contribution in [0.4, 0.5) is 4.39 Å². The van der Waals surface area contributed by atoms with Crippen molar-refractivity contribution < 1.29 is 14.2 Å². The molecule has 5 rings (SSSR count). The number of aliphatic hydroxyl groups excluding tert-OH is 1. The van der Waals surface area contributed by atoms with E-state index in [1.807, 2.05) is 18.2 Å². The van der Waals surface area contributed by atoms with Crippen LogP contribution in [0.2, 0.25) is 0 Å². The van der Waals surface area contributed by atoms with Crippen LogP contribution in [0.1, 0.15) is 49.0 Å². The Hall–Kier alpha value is -2.41. The van der Waals surface area contributed by atoms with Gasteiger partial charge < -0.3 is 19.3 Å². The van der Waals surface area contributed by atoms with Crippen LogP contribution in [0.15, 0.2) is 42.5 Å². The number of aliphatic hydroxyl groups is 1. The van der Waals surface area contributed by atoms with E-state index < -0.39 is 0 Å². The molecule has 2 aliphatic rings. The summed E-state index contributed by atoms with van der Waals surface area (Å²) in [6.45, 7) is 6.82. The molecule has 1 saturated heterocycles. The maximum absolute atomic E-state index is 14.7. The number of aromatic nitrogens is 1. The first-order valence-corrected chi connectivity index (χ1v) is 12.5. The van der Waals surface area contributed by atoms with Crippen molar-refractivity contribution in [3.05, 3.63) is 65.1 Å². The maximum atomic E-state index is 14.7. The number of aryl methyl sites for hydroxylation is 1. The molecule has 0 saturated carbocycles. The van der Waals surface area contributed by atoms with Gasteiger partial charge in [0.05, 0.1) is 25.3 Å². The second-order valence-corrected chi connectivity index (χ2v) is 10.0. The summed E-state index contributed by atoms with van der Waals surface area (Å²) in [6, 6.07) is 13.2. The van der Waals surface area contributed by atoms with Crippen LogP contribution in [0, 0.1) is 5.82 Å². The Kier molecular flexibility index (Phi) is 6.40. The zero-order valence-corrected chi connectivity index (χ0v) is 20.6. The van der Waals surface area contributed by atoms with Gasteiger partial charge in [-0.25, -0.2) is 4.39 Å². The van der Waals surface area contributed by atoms with E-state index in [0.717, 1.165) is 62.4 Å². The number of hydrogen-bond acceptors (Lipinski definition) is 4. The molecule has 1 atom stereocenters. The minimum Gasteiger partial charge on any atom is -0.497 e. The highest BCUT2D eigenvalue weighted by Gasteiger charge is 2.48. The highest BCUT2D eigenvalue weighted by Crippen LogP contribution is 2.50. The summed E-state index contributed by atoms with van der Waals surface area (Å²) in [5.74, 6) is 0.652. The number of rotatable bonds is 6. The highest BCUT2D eigenvalue weighted by molar-refractivity contribution is 5.88. The second-order valence-electron chi connectivity index (χ2n) is 10.0. The fraction of sp³-hybridized carbons (Fsp3) is 0.500. The first kappa shape index (κ1) is 23.3. The number of nitrogens with zero attached hydrogens (tertiary/aromatic N) is 3. The molecule has 1 fully saturated rings. The van der Waals surface area contributed by atoms with E-state index in [2.05, 4.69) is 40.5 Å². The third-order valence-corrected chi connectivity index (χ3v) is 8.10. The number of benzene rings is 2. The number of ether oxygens (including phenoxy) is 1. The Labute approximate surface area is 201 Å². The lowest BCUT2D eigenvalue weighted by molar-refractivity contribution is 0.0410. The van der Waals surface area contributed by atoms with Gasteiger partial charge in [0, 0.05) is 48.3 Å². The van der Waals surface area contributed by atoms with Crippen LogP contribution in [0.25, 0.3) is 10.9 Å². The summed E-state index contributed by atoms with van der Waals surface area (Å²) >= 11 is 0. The van der Waals surface area contributed by atoms with Gasteiger partial charge in [0.1, 0.15) is 11.6 Å². The summed E-state index contributed by atoms with van der Waals surface area (Å²) in [7, 11) is 3.79. The predicted octanol–water partition coefficient (Wildman–Crippen LogP) is 4.62. The van der Waals surface area contributed by atoms with Crippen molar-refractivity contribution in [3.8, 4) is 5.75 Å². The monoisotopic (exact) mass is 465 g/mol. The molecule has 1 N–H and O–H groups in total. The zero-order chi connectivity index (χ0) is 23.9. The Morgan fingerprint density at radius 1 is 1.15 bits per heavy atom. The molecule has 1 aromatic heterocycles. The lowest BCUT2D eigenvalue weighted by Gasteiger charge is -2.50. The van der Waals surface area contributed by atoms with Crippen LogP contribution in [0.5, 0.6) is 5.75 Å². The molecule has 1 spiro atoms. The average Bonchev–Trinajstić information content (AvgIpc) is 3.15. The van der Waals surface area contributed by atoms with E-state index in [-0.39, 0.29) is 23.9 Å². The molecule has 2 aromatic carbocycles. The molecule has 0 unspecified atom stereocenters. The third-order valence-electron chi connectivity index (χ3n) is 8.10. The second kappa shape index (κ2) is 9.33. The van der Waals surface area contributed by atoms with Crippen LogP contribution < -0.4 is 4.74 Å². The summed E-state index contributed by atoms with van der Waals surface area (Å²) in [4.78, 5) is 4.88. The smallest absolute Gasteiger partial charge is 0.127 e. The number of piperidine rings is 1. The largest absolute Gasteiger partial charge is 0.497 e. The van der Waals surface area contributed by atoms with Crippen molar-refractivity contribution in [3.63, 3.8) is 0 Å². The molecule has 3 heterocycles. The van der Waals surface area contributed by atoms with Gasteiger partial charge in [-0.3, -0.25) is 4.90 Å². The Morgan fingerprint density at radius 2 is 1.91 bits per heavy atom. The SMILES string of the molecule is CCCN1CCC2(CC1)CN(Cc1ccccc1F)[C@H](CO)c1c2c2ccc(OC)cc2n1C. The number of halogens is 1. The Balaban J connectivity index is 1.65. The quantitative estimate of drug-likeness (QED) is 0.577. The van der Waals surface area contributed by atoms with E-state index in [4.69, 9.17) is 4.74 Å². The van der Waals surface area contributed by atoms with E-state index in [0.29, 0.717) is 12.1 Å². The number of hydrogen-bond donors (Lipinski definition) is 1. The van der Waals surface area contributed by atoms with Gasteiger partial charge in [0.15, 0.2) is 0 Å². The average molecular weight is 466 g/mol. The summed E-state index contributed by atoms with van der Waals surface area (Å²) in [6.07, 6.45) is 3.30.